The molecule has 0 aliphatic carbocycles. The molecule has 102 valence electrons. The van der Waals surface area contributed by atoms with Crippen LogP contribution in [0, 0.1) is 19.3 Å². The van der Waals surface area contributed by atoms with E-state index in [4.69, 9.17) is 10.9 Å². The molecule has 1 aromatic rings. The van der Waals surface area contributed by atoms with E-state index in [9.17, 15) is 4.79 Å². The van der Waals surface area contributed by atoms with Gasteiger partial charge in [-0.2, -0.15) is 4.98 Å². The minimum absolute atomic E-state index is 0.127. The van der Waals surface area contributed by atoms with E-state index >= 15 is 0 Å². The van der Waals surface area contributed by atoms with Gasteiger partial charge in [-0.1, -0.05) is 23.9 Å². The molecule has 1 aromatic heterocycles. The van der Waals surface area contributed by atoms with Crippen LogP contribution in [0.4, 0.5) is 4.79 Å². The first kappa shape index (κ1) is 13.4. The van der Waals surface area contributed by atoms with Crippen molar-refractivity contribution in [2.45, 2.75) is 38.6 Å². The summed E-state index contributed by atoms with van der Waals surface area (Å²) in [4.78, 5) is 18.1. The lowest BCUT2D eigenvalue weighted by molar-refractivity contribution is 0.172. The molecule has 2 rings (SSSR count). The number of rotatable bonds is 2. The Morgan fingerprint density at radius 2 is 2.42 bits per heavy atom. The Kier molecular flexibility index (Phi) is 4.39. The Labute approximate surface area is 112 Å². The number of aromatic nitrogens is 2. The predicted molar refractivity (Wildman–Crippen MR) is 69.2 cm³/mol. The molecule has 1 saturated heterocycles. The van der Waals surface area contributed by atoms with Crippen LogP contribution in [0.5, 0.6) is 0 Å². The molecule has 0 radical (unpaired) electrons. The highest BCUT2D eigenvalue weighted by Gasteiger charge is 2.29. The summed E-state index contributed by atoms with van der Waals surface area (Å²) in [5, 5.41) is 6.65. The third kappa shape index (κ3) is 3.25. The van der Waals surface area contributed by atoms with Crippen molar-refractivity contribution in [2.24, 2.45) is 0 Å². The summed E-state index contributed by atoms with van der Waals surface area (Å²) in [7, 11) is 0. The maximum Gasteiger partial charge on any atom is 0.318 e. The lowest BCUT2D eigenvalue weighted by Crippen LogP contribution is -2.42. The number of hydrogen-bond acceptors (Lipinski definition) is 4. The summed E-state index contributed by atoms with van der Waals surface area (Å²) >= 11 is 0. The number of nitrogens with zero attached hydrogens (tertiary/aromatic N) is 3. The molecule has 6 heteroatoms. The maximum absolute atomic E-state index is 12.1. The third-order valence-electron chi connectivity index (χ3n) is 3.20. The smallest absolute Gasteiger partial charge is 0.318 e. The molecule has 2 heterocycles. The van der Waals surface area contributed by atoms with E-state index in [1.807, 2.05) is 0 Å². The highest BCUT2D eigenvalue weighted by atomic mass is 16.5. The van der Waals surface area contributed by atoms with Gasteiger partial charge in [0.2, 0.25) is 5.89 Å². The molecule has 6 nitrogen and oxygen atoms in total. The Morgan fingerprint density at radius 3 is 3.11 bits per heavy atom. The lowest BCUT2D eigenvalue weighted by Gasteiger charge is -2.27. The minimum Gasteiger partial charge on any atom is -0.340 e. The molecule has 0 aromatic carbocycles. The topological polar surface area (TPSA) is 71.3 Å². The molecular weight excluding hydrogens is 244 g/mol. The second-order valence-corrected chi connectivity index (χ2v) is 4.59. The van der Waals surface area contributed by atoms with Crippen LogP contribution >= 0.6 is 0 Å². The minimum atomic E-state index is -0.160. The van der Waals surface area contributed by atoms with Crippen molar-refractivity contribution in [1.82, 2.24) is 20.4 Å². The van der Waals surface area contributed by atoms with Gasteiger partial charge in [0.1, 0.15) is 0 Å². The monoisotopic (exact) mass is 262 g/mol. The number of terminal acetylenes is 1. The van der Waals surface area contributed by atoms with Gasteiger partial charge in [-0.15, -0.1) is 6.42 Å². The summed E-state index contributed by atoms with van der Waals surface area (Å²) in [6.45, 7) is 2.66. The zero-order chi connectivity index (χ0) is 13.7. The van der Waals surface area contributed by atoms with E-state index in [0.717, 1.165) is 25.7 Å². The second-order valence-electron chi connectivity index (χ2n) is 4.59. The number of hydrogen-bond donors (Lipinski definition) is 1. The van der Waals surface area contributed by atoms with E-state index in [1.54, 1.807) is 11.8 Å². The first-order valence-electron chi connectivity index (χ1n) is 6.50. The van der Waals surface area contributed by atoms with Crippen LogP contribution in [0.1, 0.15) is 43.4 Å². The van der Waals surface area contributed by atoms with Gasteiger partial charge < -0.3 is 14.7 Å². The van der Waals surface area contributed by atoms with Gasteiger partial charge in [0.15, 0.2) is 5.82 Å². The van der Waals surface area contributed by atoms with Crippen LogP contribution in [0.3, 0.4) is 0 Å². The number of carbonyl (C=O) groups excluding carboxylic acids is 1. The Morgan fingerprint density at radius 1 is 1.58 bits per heavy atom. The number of urea groups is 1. The van der Waals surface area contributed by atoms with Crippen LogP contribution in [0.15, 0.2) is 4.52 Å². The quantitative estimate of drug-likeness (QED) is 0.822. The van der Waals surface area contributed by atoms with Crippen molar-refractivity contribution in [1.29, 1.82) is 0 Å². The lowest BCUT2D eigenvalue weighted by atomic mass is 10.1. The van der Waals surface area contributed by atoms with E-state index in [0.29, 0.717) is 18.3 Å². The van der Waals surface area contributed by atoms with Crippen LogP contribution in [0.25, 0.3) is 0 Å². The standard InChI is InChI=1S/C13H18N4O2/c1-3-8-14-13(18)17-9-6-4-5-7-11(17)12-15-10(2)19-16-12/h1,11H,4-9H2,2H3,(H,14,18). The normalized spacial score (nSPS) is 19.6. The molecule has 1 aliphatic rings. The van der Waals surface area contributed by atoms with E-state index in [1.165, 1.54) is 0 Å². The zero-order valence-corrected chi connectivity index (χ0v) is 11.1. The highest BCUT2D eigenvalue weighted by molar-refractivity contribution is 5.75. The Balaban J connectivity index is 2.16. The van der Waals surface area contributed by atoms with Crippen LogP contribution in [-0.2, 0) is 0 Å². The predicted octanol–water partition coefficient (Wildman–Crippen LogP) is 1.64. The fraction of sp³-hybridized carbons (Fsp3) is 0.615. The van der Waals surface area contributed by atoms with Gasteiger partial charge in [0, 0.05) is 13.5 Å². The van der Waals surface area contributed by atoms with Crippen molar-refractivity contribution in [3.63, 3.8) is 0 Å². The molecule has 1 aliphatic heterocycles. The van der Waals surface area contributed by atoms with E-state index in [2.05, 4.69) is 21.4 Å². The summed E-state index contributed by atoms with van der Waals surface area (Å²) in [6.07, 6.45) is 9.15. The largest absolute Gasteiger partial charge is 0.340 e. The summed E-state index contributed by atoms with van der Waals surface area (Å²) < 4.78 is 5.02. The Bertz CT molecular complexity index is 477. The summed E-state index contributed by atoms with van der Waals surface area (Å²) in [6, 6.07) is -0.287. The molecular formula is C13H18N4O2. The Hall–Kier alpha value is -2.03. The summed E-state index contributed by atoms with van der Waals surface area (Å²) in [5.74, 6) is 3.50. The third-order valence-corrected chi connectivity index (χ3v) is 3.20. The van der Waals surface area contributed by atoms with Crippen LogP contribution in [-0.4, -0.2) is 34.2 Å². The molecule has 19 heavy (non-hydrogen) atoms. The van der Waals surface area contributed by atoms with Gasteiger partial charge in [0.25, 0.3) is 0 Å². The molecule has 0 bridgehead atoms. The van der Waals surface area contributed by atoms with Gasteiger partial charge in [-0.25, -0.2) is 4.79 Å². The number of aryl methyl sites for hydroxylation is 1. The number of amides is 2. The first-order chi connectivity index (χ1) is 9.22. The van der Waals surface area contributed by atoms with Crippen molar-refractivity contribution in [2.75, 3.05) is 13.1 Å². The molecule has 1 fully saturated rings. The van der Waals surface area contributed by atoms with Gasteiger partial charge >= 0.3 is 6.03 Å². The van der Waals surface area contributed by atoms with Crippen molar-refractivity contribution < 1.29 is 9.32 Å². The van der Waals surface area contributed by atoms with E-state index in [-0.39, 0.29) is 18.6 Å². The van der Waals surface area contributed by atoms with Crippen LogP contribution < -0.4 is 5.32 Å². The average molecular weight is 262 g/mol. The molecule has 1 atom stereocenters. The number of nitrogens with one attached hydrogen (secondary N) is 1. The molecule has 0 spiro atoms. The highest BCUT2D eigenvalue weighted by Crippen LogP contribution is 2.28. The molecule has 0 saturated carbocycles. The molecule has 2 amide bonds. The first-order valence-corrected chi connectivity index (χ1v) is 6.50. The van der Waals surface area contributed by atoms with Gasteiger partial charge in [0.05, 0.1) is 12.6 Å². The van der Waals surface area contributed by atoms with Crippen molar-refractivity contribution >= 4 is 6.03 Å². The zero-order valence-electron chi connectivity index (χ0n) is 11.1. The van der Waals surface area contributed by atoms with Crippen molar-refractivity contribution in [3.8, 4) is 12.3 Å². The van der Waals surface area contributed by atoms with Crippen LogP contribution in [0.2, 0.25) is 0 Å². The van der Waals surface area contributed by atoms with E-state index < -0.39 is 0 Å². The molecule has 1 unspecified atom stereocenters. The fourth-order valence-electron chi connectivity index (χ4n) is 2.30. The van der Waals surface area contributed by atoms with Gasteiger partial charge in [-0.05, 0) is 12.8 Å². The number of likely N-dealkylation sites (tertiary alicyclic amines) is 1. The number of carbonyl (C=O) groups is 1. The SMILES string of the molecule is C#CCNC(=O)N1CCCCCC1c1noc(C)n1. The van der Waals surface area contributed by atoms with Crippen molar-refractivity contribution in [3.05, 3.63) is 11.7 Å². The fourth-order valence-corrected chi connectivity index (χ4v) is 2.30. The maximum atomic E-state index is 12.1. The second kappa shape index (κ2) is 6.23. The average Bonchev–Trinajstić information content (AvgIpc) is 2.69. The van der Waals surface area contributed by atoms with Gasteiger partial charge in [-0.3, -0.25) is 0 Å². The molecule has 1 N–H and O–H groups in total. The summed E-state index contributed by atoms with van der Waals surface area (Å²) in [5.41, 5.74) is 0.